The minimum absolute atomic E-state index is 0.0662. The fraction of sp³-hybridized carbons (Fsp3) is 0.800. The standard InChI is InChI=1S/C20H38N4O6/c1-8-11(6)13(21)17(26)22-14(9(2)3)18(27)23-15(10(4)5)19(28)24-16(12(7)25)20(29)30/h9-16,25H,8,21H2,1-7H3,(H,22,26)(H,23,27)(H,24,28)(H,29,30). The summed E-state index contributed by atoms with van der Waals surface area (Å²) in [6, 6.07) is -4.26. The number of amides is 3. The lowest BCUT2D eigenvalue weighted by Gasteiger charge is -2.29. The maximum Gasteiger partial charge on any atom is 0.328 e. The molecular weight excluding hydrogens is 392 g/mol. The summed E-state index contributed by atoms with van der Waals surface area (Å²) in [6.07, 6.45) is -0.615. The SMILES string of the molecule is CCC(C)C(N)C(=O)NC(C(=O)NC(C(=O)NC(C(=O)O)C(C)O)C(C)C)C(C)C. The van der Waals surface area contributed by atoms with Gasteiger partial charge in [-0.15, -0.1) is 0 Å². The second-order valence-corrected chi connectivity index (χ2v) is 8.44. The quantitative estimate of drug-likeness (QED) is 0.244. The number of hydrogen-bond acceptors (Lipinski definition) is 6. The predicted molar refractivity (Wildman–Crippen MR) is 112 cm³/mol. The third-order valence-corrected chi connectivity index (χ3v) is 5.10. The first-order chi connectivity index (χ1) is 13.7. The van der Waals surface area contributed by atoms with Crippen molar-refractivity contribution in [1.29, 1.82) is 0 Å². The van der Waals surface area contributed by atoms with Crippen LogP contribution in [-0.2, 0) is 19.2 Å². The number of carbonyl (C=O) groups excluding carboxylic acids is 3. The number of nitrogens with two attached hydrogens (primary N) is 1. The zero-order valence-corrected chi connectivity index (χ0v) is 18.9. The Hall–Kier alpha value is -2.20. The Balaban J connectivity index is 5.39. The Morgan fingerprint density at radius 3 is 1.43 bits per heavy atom. The lowest BCUT2D eigenvalue weighted by molar-refractivity contribution is -0.145. The Morgan fingerprint density at radius 2 is 1.13 bits per heavy atom. The lowest BCUT2D eigenvalue weighted by atomic mass is 9.96. The molecule has 0 aromatic rings. The van der Waals surface area contributed by atoms with Gasteiger partial charge < -0.3 is 31.9 Å². The normalized spacial score (nSPS) is 17.4. The summed E-state index contributed by atoms with van der Waals surface area (Å²) in [6.45, 7) is 11.9. The van der Waals surface area contributed by atoms with Crippen molar-refractivity contribution in [3.05, 3.63) is 0 Å². The maximum atomic E-state index is 12.8. The molecule has 7 N–H and O–H groups in total. The maximum absolute atomic E-state index is 12.8. The molecule has 0 fully saturated rings. The summed E-state index contributed by atoms with van der Waals surface area (Å²) >= 11 is 0. The highest BCUT2D eigenvalue weighted by molar-refractivity contribution is 5.94. The number of nitrogens with one attached hydrogen (secondary N) is 3. The summed E-state index contributed by atoms with van der Waals surface area (Å²) < 4.78 is 0. The third-order valence-electron chi connectivity index (χ3n) is 5.10. The van der Waals surface area contributed by atoms with E-state index < -0.39 is 54.0 Å². The van der Waals surface area contributed by atoms with Gasteiger partial charge in [0.2, 0.25) is 17.7 Å². The Kier molecular flexibility index (Phi) is 11.6. The van der Waals surface area contributed by atoms with Gasteiger partial charge in [-0.2, -0.15) is 0 Å². The molecule has 10 heteroatoms. The number of aliphatic carboxylic acids is 1. The van der Waals surface area contributed by atoms with E-state index in [0.29, 0.717) is 6.42 Å². The van der Waals surface area contributed by atoms with Gasteiger partial charge in [-0.3, -0.25) is 14.4 Å². The number of carboxylic acids is 1. The summed E-state index contributed by atoms with van der Waals surface area (Å²) in [5.74, 6) is -3.88. The zero-order chi connectivity index (χ0) is 23.8. The fourth-order valence-corrected chi connectivity index (χ4v) is 2.71. The van der Waals surface area contributed by atoms with Gasteiger partial charge in [0.15, 0.2) is 6.04 Å². The van der Waals surface area contributed by atoms with E-state index in [9.17, 15) is 24.3 Å². The van der Waals surface area contributed by atoms with Crippen LogP contribution in [0.2, 0.25) is 0 Å². The van der Waals surface area contributed by atoms with E-state index in [1.807, 2.05) is 13.8 Å². The molecule has 0 saturated carbocycles. The van der Waals surface area contributed by atoms with E-state index in [-0.39, 0.29) is 17.8 Å². The smallest absolute Gasteiger partial charge is 0.328 e. The van der Waals surface area contributed by atoms with Crippen LogP contribution in [0.25, 0.3) is 0 Å². The highest BCUT2D eigenvalue weighted by Gasteiger charge is 2.34. The van der Waals surface area contributed by atoms with Crippen LogP contribution in [0.5, 0.6) is 0 Å². The largest absolute Gasteiger partial charge is 0.480 e. The number of hydrogen-bond donors (Lipinski definition) is 6. The van der Waals surface area contributed by atoms with Crippen molar-refractivity contribution in [1.82, 2.24) is 16.0 Å². The highest BCUT2D eigenvalue weighted by Crippen LogP contribution is 2.10. The monoisotopic (exact) mass is 430 g/mol. The van der Waals surface area contributed by atoms with Gasteiger partial charge >= 0.3 is 5.97 Å². The third kappa shape index (κ3) is 8.27. The zero-order valence-electron chi connectivity index (χ0n) is 18.9. The van der Waals surface area contributed by atoms with Crippen molar-refractivity contribution in [2.45, 2.75) is 85.2 Å². The van der Waals surface area contributed by atoms with E-state index >= 15 is 0 Å². The van der Waals surface area contributed by atoms with E-state index in [4.69, 9.17) is 10.8 Å². The van der Waals surface area contributed by atoms with Crippen LogP contribution < -0.4 is 21.7 Å². The number of carbonyl (C=O) groups is 4. The number of aliphatic hydroxyl groups excluding tert-OH is 1. The van der Waals surface area contributed by atoms with Gasteiger partial charge in [-0.05, 0) is 24.7 Å². The van der Waals surface area contributed by atoms with E-state index in [1.165, 1.54) is 6.92 Å². The van der Waals surface area contributed by atoms with Gasteiger partial charge in [0.1, 0.15) is 12.1 Å². The van der Waals surface area contributed by atoms with Crippen molar-refractivity contribution < 1.29 is 29.4 Å². The molecule has 174 valence electrons. The fourth-order valence-electron chi connectivity index (χ4n) is 2.71. The van der Waals surface area contributed by atoms with Crippen LogP contribution in [0.15, 0.2) is 0 Å². The summed E-state index contributed by atoms with van der Waals surface area (Å²) in [7, 11) is 0. The number of rotatable bonds is 12. The summed E-state index contributed by atoms with van der Waals surface area (Å²) in [4.78, 5) is 49.1. The van der Waals surface area contributed by atoms with Crippen LogP contribution in [0.4, 0.5) is 0 Å². The molecule has 0 aromatic heterocycles. The molecule has 0 aliphatic heterocycles. The minimum atomic E-state index is -1.51. The van der Waals surface area contributed by atoms with Crippen LogP contribution >= 0.6 is 0 Å². The van der Waals surface area contributed by atoms with Crippen LogP contribution in [0, 0.1) is 17.8 Å². The molecule has 0 radical (unpaired) electrons. The first kappa shape index (κ1) is 27.8. The predicted octanol–water partition coefficient (Wildman–Crippen LogP) is -0.408. The topological polar surface area (TPSA) is 171 Å². The van der Waals surface area contributed by atoms with Crippen molar-refractivity contribution >= 4 is 23.7 Å². The molecule has 0 heterocycles. The molecule has 3 amide bonds. The summed E-state index contributed by atoms with van der Waals surface area (Å²) in [5.41, 5.74) is 5.94. The van der Waals surface area contributed by atoms with Gasteiger partial charge in [-0.25, -0.2) is 4.79 Å². The van der Waals surface area contributed by atoms with E-state index in [2.05, 4.69) is 16.0 Å². The number of carboxylic acid groups (broad SMARTS) is 1. The average molecular weight is 431 g/mol. The van der Waals surface area contributed by atoms with Crippen molar-refractivity contribution in [3.8, 4) is 0 Å². The first-order valence-corrected chi connectivity index (χ1v) is 10.3. The molecule has 0 aromatic carbocycles. The molecular formula is C20H38N4O6. The number of aliphatic hydroxyl groups is 1. The minimum Gasteiger partial charge on any atom is -0.480 e. The van der Waals surface area contributed by atoms with Crippen molar-refractivity contribution in [2.75, 3.05) is 0 Å². The highest BCUT2D eigenvalue weighted by atomic mass is 16.4. The Bertz CT molecular complexity index is 608. The van der Waals surface area contributed by atoms with Gasteiger partial charge in [-0.1, -0.05) is 48.0 Å². The first-order valence-electron chi connectivity index (χ1n) is 10.3. The molecule has 0 saturated heterocycles. The molecule has 10 nitrogen and oxygen atoms in total. The van der Waals surface area contributed by atoms with Crippen molar-refractivity contribution in [2.24, 2.45) is 23.5 Å². The molecule has 0 spiro atoms. The van der Waals surface area contributed by atoms with Crippen molar-refractivity contribution in [3.63, 3.8) is 0 Å². The van der Waals surface area contributed by atoms with Gasteiger partial charge in [0.25, 0.3) is 0 Å². The second-order valence-electron chi connectivity index (χ2n) is 8.44. The summed E-state index contributed by atoms with van der Waals surface area (Å²) in [5, 5.41) is 26.2. The van der Waals surface area contributed by atoms with E-state index in [0.717, 1.165) is 0 Å². The molecule has 6 unspecified atom stereocenters. The Morgan fingerprint density at radius 1 is 0.767 bits per heavy atom. The lowest BCUT2D eigenvalue weighted by Crippen LogP contribution is -2.60. The van der Waals surface area contributed by atoms with E-state index in [1.54, 1.807) is 27.7 Å². The van der Waals surface area contributed by atoms with Crippen LogP contribution in [0.1, 0.15) is 54.9 Å². The molecule has 0 aliphatic rings. The molecule has 30 heavy (non-hydrogen) atoms. The molecule has 0 aliphatic carbocycles. The van der Waals surface area contributed by atoms with Crippen LogP contribution in [-0.4, -0.2) is 64.2 Å². The van der Waals surface area contributed by atoms with Gasteiger partial charge in [0, 0.05) is 0 Å². The van der Waals surface area contributed by atoms with Gasteiger partial charge in [0.05, 0.1) is 12.1 Å². The van der Waals surface area contributed by atoms with Crippen LogP contribution in [0.3, 0.4) is 0 Å². The molecule has 0 bridgehead atoms. The molecule has 0 rings (SSSR count). The Labute approximate surface area is 178 Å². The molecule has 6 atom stereocenters. The average Bonchev–Trinajstić information content (AvgIpc) is 2.65. The second kappa shape index (κ2) is 12.5.